The fourth-order valence-corrected chi connectivity index (χ4v) is 6.28. The van der Waals surface area contributed by atoms with Gasteiger partial charge in [-0.1, -0.05) is 0 Å². The van der Waals surface area contributed by atoms with Crippen molar-refractivity contribution >= 4 is 11.9 Å². The summed E-state index contributed by atoms with van der Waals surface area (Å²) in [6.45, 7) is 0.494. The highest BCUT2D eigenvalue weighted by Gasteiger charge is 2.76. The van der Waals surface area contributed by atoms with Crippen molar-refractivity contribution in [3.05, 3.63) is 0 Å². The number of hydrogen-bond donors (Lipinski definition) is 1. The lowest BCUT2D eigenvalue weighted by Gasteiger charge is -2.57. The van der Waals surface area contributed by atoms with Gasteiger partial charge in [-0.25, -0.2) is 4.79 Å². The third kappa shape index (κ3) is 2.54. The third-order valence-corrected chi connectivity index (χ3v) is 6.83. The van der Waals surface area contributed by atoms with Gasteiger partial charge in [-0.15, -0.1) is 0 Å². The van der Waals surface area contributed by atoms with Crippen molar-refractivity contribution in [3.8, 4) is 0 Å². The van der Waals surface area contributed by atoms with Crippen LogP contribution in [0.2, 0.25) is 0 Å². The first kappa shape index (κ1) is 16.3. The van der Waals surface area contributed by atoms with E-state index < -0.39 is 5.97 Å². The number of rotatable bonds is 9. The van der Waals surface area contributed by atoms with Gasteiger partial charge >= 0.3 is 11.9 Å². The molecule has 4 fully saturated rings. The molecule has 5 atom stereocenters. The number of fused-ring (bicyclic) bond motifs is 2. The topological polar surface area (TPSA) is 82.1 Å². The zero-order valence-electron chi connectivity index (χ0n) is 14.0. The summed E-state index contributed by atoms with van der Waals surface area (Å²) in [5, 5.41) is 8.43. The number of carbonyl (C=O) groups is 2. The molecule has 5 unspecified atom stereocenters. The highest BCUT2D eigenvalue weighted by Crippen LogP contribution is 2.78. The number of aliphatic carboxylic acids is 1. The Morgan fingerprint density at radius 2 is 1.75 bits per heavy atom. The summed E-state index contributed by atoms with van der Waals surface area (Å²) in [5.41, 5.74) is 0.164. The first-order chi connectivity index (χ1) is 11.5. The predicted molar refractivity (Wildman–Crippen MR) is 83.3 cm³/mol. The van der Waals surface area contributed by atoms with Gasteiger partial charge in [-0.3, -0.25) is 4.79 Å². The molecule has 134 valence electrons. The van der Waals surface area contributed by atoms with E-state index in [2.05, 4.69) is 0 Å². The Morgan fingerprint density at radius 3 is 2.58 bits per heavy atom. The smallest absolute Gasteiger partial charge is 0.329 e. The van der Waals surface area contributed by atoms with Crippen LogP contribution in [-0.2, 0) is 23.8 Å². The maximum absolute atomic E-state index is 12.3. The second kappa shape index (κ2) is 5.99. The van der Waals surface area contributed by atoms with Crippen molar-refractivity contribution in [2.75, 3.05) is 26.4 Å². The van der Waals surface area contributed by atoms with Crippen molar-refractivity contribution in [3.63, 3.8) is 0 Å². The number of carbonyl (C=O) groups excluding carboxylic acids is 1. The number of carboxylic acids is 1. The molecule has 3 bridgehead atoms. The fraction of sp³-hybridized carbons (Fsp3) is 0.889. The van der Waals surface area contributed by atoms with Gasteiger partial charge in [-0.2, -0.15) is 0 Å². The van der Waals surface area contributed by atoms with Gasteiger partial charge in [0.1, 0.15) is 12.2 Å². The van der Waals surface area contributed by atoms with E-state index in [4.69, 9.17) is 19.3 Å². The summed E-state index contributed by atoms with van der Waals surface area (Å²) in [4.78, 5) is 22.5. The summed E-state index contributed by atoms with van der Waals surface area (Å²) >= 11 is 0. The van der Waals surface area contributed by atoms with Crippen LogP contribution in [0.1, 0.15) is 44.9 Å². The lowest BCUT2D eigenvalue weighted by molar-refractivity contribution is -0.216. The van der Waals surface area contributed by atoms with E-state index in [1.54, 1.807) is 0 Å². The average molecular weight is 338 g/mol. The fourth-order valence-electron chi connectivity index (χ4n) is 6.28. The van der Waals surface area contributed by atoms with Gasteiger partial charge in [0, 0.05) is 5.41 Å². The summed E-state index contributed by atoms with van der Waals surface area (Å²) in [6.07, 6.45) is 7.67. The second-order valence-corrected chi connectivity index (χ2v) is 8.15. The van der Waals surface area contributed by atoms with Crippen molar-refractivity contribution < 1.29 is 28.9 Å². The maximum Gasteiger partial charge on any atom is 0.329 e. The van der Waals surface area contributed by atoms with Gasteiger partial charge in [0.15, 0.2) is 0 Å². The molecule has 0 aromatic heterocycles. The molecule has 0 amide bonds. The second-order valence-electron chi connectivity index (χ2n) is 8.15. The van der Waals surface area contributed by atoms with Crippen molar-refractivity contribution in [1.82, 2.24) is 0 Å². The van der Waals surface area contributed by atoms with E-state index in [1.807, 2.05) is 0 Å². The molecule has 24 heavy (non-hydrogen) atoms. The van der Waals surface area contributed by atoms with Crippen LogP contribution in [-0.4, -0.2) is 49.1 Å². The molecular weight excluding hydrogens is 312 g/mol. The SMILES string of the molecule is O=C(O)COCCOCCC(=O)OC12CC3CC4CC(C1)C2(C4)C3. The quantitative estimate of drug-likeness (QED) is 0.511. The van der Waals surface area contributed by atoms with E-state index in [0.717, 1.165) is 30.6 Å². The third-order valence-electron chi connectivity index (χ3n) is 6.83. The number of esters is 1. The molecule has 0 aliphatic heterocycles. The van der Waals surface area contributed by atoms with Gasteiger partial charge < -0.3 is 19.3 Å². The molecule has 4 rings (SSSR count). The van der Waals surface area contributed by atoms with Crippen molar-refractivity contribution in [2.45, 2.75) is 50.5 Å². The first-order valence-electron chi connectivity index (χ1n) is 9.12. The van der Waals surface area contributed by atoms with E-state index in [0.29, 0.717) is 18.6 Å². The molecule has 0 aromatic rings. The summed E-state index contributed by atoms with van der Waals surface area (Å²) in [6, 6.07) is 0. The van der Waals surface area contributed by atoms with Crippen LogP contribution in [0.25, 0.3) is 0 Å². The molecule has 6 heteroatoms. The molecule has 6 nitrogen and oxygen atoms in total. The Balaban J connectivity index is 1.19. The standard InChI is InChI=1S/C18H26O6/c19-15(20)11-23-4-3-22-2-1-16(21)24-18-9-13-5-12-6-14(10-18)17(18,7-12)8-13/h12-14H,1-11H2,(H,19,20). The molecule has 4 aliphatic carbocycles. The molecular formula is C18H26O6. The van der Waals surface area contributed by atoms with Crippen LogP contribution in [0.15, 0.2) is 0 Å². The lowest BCUT2D eigenvalue weighted by Crippen LogP contribution is -2.60. The molecule has 0 aromatic carbocycles. The Kier molecular flexibility index (Phi) is 4.07. The summed E-state index contributed by atoms with van der Waals surface area (Å²) in [5.74, 6) is 1.31. The molecule has 4 saturated carbocycles. The Bertz CT molecular complexity index is 528. The van der Waals surface area contributed by atoms with Crippen molar-refractivity contribution in [2.24, 2.45) is 23.2 Å². The predicted octanol–water partition coefficient (Wildman–Crippen LogP) is 2.01. The van der Waals surface area contributed by atoms with Crippen molar-refractivity contribution in [1.29, 1.82) is 0 Å². The number of hydrogen-bond acceptors (Lipinski definition) is 5. The zero-order chi connectivity index (χ0) is 16.8. The Morgan fingerprint density at radius 1 is 0.958 bits per heavy atom. The van der Waals surface area contributed by atoms with Gasteiger partial charge in [-0.05, 0) is 56.3 Å². The minimum atomic E-state index is -0.994. The summed E-state index contributed by atoms with van der Waals surface area (Å²) in [7, 11) is 0. The van der Waals surface area contributed by atoms with Gasteiger partial charge in [0.25, 0.3) is 0 Å². The minimum absolute atomic E-state index is 0.148. The highest BCUT2D eigenvalue weighted by atomic mass is 16.6. The summed E-state index contributed by atoms with van der Waals surface area (Å²) < 4.78 is 16.2. The van der Waals surface area contributed by atoms with Crippen LogP contribution in [0.4, 0.5) is 0 Å². The molecule has 1 N–H and O–H groups in total. The van der Waals surface area contributed by atoms with E-state index in [9.17, 15) is 9.59 Å². The Labute approximate surface area is 141 Å². The molecule has 0 radical (unpaired) electrons. The average Bonchev–Trinajstić information content (AvgIpc) is 2.82. The zero-order valence-corrected chi connectivity index (χ0v) is 14.0. The van der Waals surface area contributed by atoms with Crippen LogP contribution in [0.3, 0.4) is 0 Å². The minimum Gasteiger partial charge on any atom is -0.480 e. The largest absolute Gasteiger partial charge is 0.480 e. The Hall–Kier alpha value is -1.14. The highest BCUT2D eigenvalue weighted by molar-refractivity contribution is 5.70. The van der Waals surface area contributed by atoms with Crippen LogP contribution < -0.4 is 0 Å². The monoisotopic (exact) mass is 338 g/mol. The molecule has 0 heterocycles. The number of carboxylic acid groups (broad SMARTS) is 1. The van der Waals surface area contributed by atoms with Crippen LogP contribution in [0.5, 0.6) is 0 Å². The normalized spacial score (nSPS) is 41.1. The van der Waals surface area contributed by atoms with Gasteiger partial charge in [0.05, 0.1) is 26.2 Å². The van der Waals surface area contributed by atoms with Crippen LogP contribution >= 0.6 is 0 Å². The molecule has 1 spiro atoms. The molecule has 4 aliphatic rings. The lowest BCUT2D eigenvalue weighted by atomic mass is 9.52. The van der Waals surface area contributed by atoms with Crippen LogP contribution in [0, 0.1) is 23.2 Å². The maximum atomic E-state index is 12.3. The van der Waals surface area contributed by atoms with E-state index >= 15 is 0 Å². The molecule has 0 saturated heterocycles. The van der Waals surface area contributed by atoms with Gasteiger partial charge in [0.2, 0.25) is 0 Å². The van der Waals surface area contributed by atoms with E-state index in [-0.39, 0.29) is 31.2 Å². The number of ether oxygens (including phenoxy) is 3. The van der Waals surface area contributed by atoms with E-state index in [1.165, 1.54) is 25.7 Å². The first-order valence-corrected chi connectivity index (χ1v) is 9.12.